The fourth-order valence-corrected chi connectivity index (χ4v) is 8.08. The number of aliphatic hydroxyl groups excluding tert-OH is 3. The number of esters is 2. The molecule has 0 radical (unpaired) electrons. The van der Waals surface area contributed by atoms with Gasteiger partial charge in [-0.1, -0.05) is 45.1 Å². The van der Waals surface area contributed by atoms with Crippen molar-refractivity contribution >= 4 is 11.9 Å². The lowest BCUT2D eigenvalue weighted by molar-refractivity contribution is -0.316. The lowest BCUT2D eigenvalue weighted by Gasteiger charge is -2.44. The molecule has 0 amide bonds. The molecule has 4 N–H and O–H groups in total. The Morgan fingerprint density at radius 2 is 1.66 bits per heavy atom. The highest BCUT2D eigenvalue weighted by Gasteiger charge is 2.57. The maximum absolute atomic E-state index is 13.4. The Labute approximate surface area is 295 Å². The van der Waals surface area contributed by atoms with Gasteiger partial charge in [-0.3, -0.25) is 4.79 Å². The van der Waals surface area contributed by atoms with E-state index in [4.69, 9.17) is 33.2 Å². The number of carbonyl (C=O) groups is 2. The van der Waals surface area contributed by atoms with Crippen molar-refractivity contribution < 1.29 is 63.2 Å². The van der Waals surface area contributed by atoms with E-state index in [1.807, 2.05) is 19.1 Å². The Balaban J connectivity index is 1.42. The molecule has 13 nitrogen and oxygen atoms in total. The first-order valence-electron chi connectivity index (χ1n) is 18.5. The number of allylic oxidation sites excluding steroid dienone is 3. The van der Waals surface area contributed by atoms with Gasteiger partial charge in [0, 0.05) is 45.6 Å². The summed E-state index contributed by atoms with van der Waals surface area (Å²) in [7, 11) is 1.42. The summed E-state index contributed by atoms with van der Waals surface area (Å²) in [5.74, 6) is -1.12. The van der Waals surface area contributed by atoms with Crippen LogP contribution in [-0.2, 0) is 42.7 Å². The van der Waals surface area contributed by atoms with Gasteiger partial charge >= 0.3 is 11.9 Å². The Hall–Kier alpha value is -1.94. The molecule has 5 aliphatic rings. The number of ether oxygens (including phenoxy) is 7. The standard InChI is InChI=1S/C37H58O13/c1-6-10-31(39)50-30-18-25-16-24(47-35-34(44-5)33(41)32(40)22(4)45-35)15-23(46-25)13-20(2)11-8-7-9-12-28-21(3)14-29(49-28)27(38)17-26-19-37(30,43)36(42)48-26/h7-9,11,20-30,32-35,38,40-41,43H,6,10,12-19H2,1-5H3/b9-7-,11-8+/t20-,21-,22-,23+,24-,25+,26-,27-,28-,29-,30-,32+,33+,34+,35-,37-/m0/s1. The van der Waals surface area contributed by atoms with Crippen LogP contribution in [0.15, 0.2) is 24.3 Å². The summed E-state index contributed by atoms with van der Waals surface area (Å²) in [6, 6.07) is 0. The van der Waals surface area contributed by atoms with E-state index in [-0.39, 0.29) is 49.7 Å². The van der Waals surface area contributed by atoms with Gasteiger partial charge in [-0.25, -0.2) is 4.79 Å². The van der Waals surface area contributed by atoms with Crippen LogP contribution < -0.4 is 0 Å². The quantitative estimate of drug-likeness (QED) is 0.296. The van der Waals surface area contributed by atoms with Crippen molar-refractivity contribution in [2.24, 2.45) is 11.8 Å². The number of rotatable bonds is 6. The molecule has 0 saturated carbocycles. The van der Waals surface area contributed by atoms with Crippen LogP contribution in [0.4, 0.5) is 0 Å². The molecule has 50 heavy (non-hydrogen) atoms. The molecular weight excluding hydrogens is 652 g/mol. The van der Waals surface area contributed by atoms with Gasteiger partial charge in [0.05, 0.1) is 42.7 Å². The fraction of sp³-hybridized carbons (Fsp3) is 0.838. The van der Waals surface area contributed by atoms with Crippen LogP contribution in [0.3, 0.4) is 0 Å². The predicted octanol–water partition coefficient (Wildman–Crippen LogP) is 2.64. The molecule has 4 fully saturated rings. The van der Waals surface area contributed by atoms with Crippen LogP contribution in [0.1, 0.15) is 91.9 Å². The third-order valence-electron chi connectivity index (χ3n) is 10.9. The predicted molar refractivity (Wildman–Crippen MR) is 179 cm³/mol. The summed E-state index contributed by atoms with van der Waals surface area (Å²) in [6.07, 6.45) is 1.62. The van der Waals surface area contributed by atoms with Crippen LogP contribution in [0, 0.1) is 11.8 Å². The van der Waals surface area contributed by atoms with Gasteiger partial charge in [0.2, 0.25) is 5.60 Å². The Kier molecular flexibility index (Phi) is 13.6. The average Bonchev–Trinajstić information content (AvgIpc) is 3.57. The minimum atomic E-state index is -2.15. The molecule has 5 aliphatic heterocycles. The topological polar surface area (TPSA) is 180 Å². The van der Waals surface area contributed by atoms with E-state index in [2.05, 4.69) is 26.0 Å². The van der Waals surface area contributed by atoms with E-state index in [1.54, 1.807) is 6.92 Å². The van der Waals surface area contributed by atoms with Crippen molar-refractivity contribution in [3.8, 4) is 0 Å². The van der Waals surface area contributed by atoms with Gasteiger partial charge < -0.3 is 53.6 Å². The van der Waals surface area contributed by atoms with E-state index in [1.165, 1.54) is 7.11 Å². The second-order valence-electron chi connectivity index (χ2n) is 15.1. The van der Waals surface area contributed by atoms with E-state index < -0.39 is 84.9 Å². The Morgan fingerprint density at radius 3 is 2.38 bits per heavy atom. The molecule has 16 atom stereocenters. The summed E-state index contributed by atoms with van der Waals surface area (Å²) in [5.41, 5.74) is -2.15. The zero-order valence-corrected chi connectivity index (χ0v) is 30.0. The van der Waals surface area contributed by atoms with Crippen LogP contribution in [0.2, 0.25) is 0 Å². The smallest absolute Gasteiger partial charge is 0.342 e. The lowest BCUT2D eigenvalue weighted by Crippen LogP contribution is -2.59. The lowest BCUT2D eigenvalue weighted by atomic mass is 9.85. The molecule has 0 aromatic heterocycles. The van der Waals surface area contributed by atoms with Crippen LogP contribution in [0.5, 0.6) is 0 Å². The first kappa shape index (κ1) is 39.3. The van der Waals surface area contributed by atoms with E-state index >= 15 is 0 Å². The van der Waals surface area contributed by atoms with E-state index in [9.17, 15) is 30.0 Å². The minimum Gasteiger partial charge on any atom is -0.460 e. The number of fused-ring (bicyclic) bond motifs is 6. The van der Waals surface area contributed by atoms with Gasteiger partial charge in [0.1, 0.15) is 30.5 Å². The Morgan fingerprint density at radius 1 is 0.920 bits per heavy atom. The van der Waals surface area contributed by atoms with E-state index in [0.717, 1.165) is 0 Å². The van der Waals surface area contributed by atoms with Crippen molar-refractivity contribution in [3.05, 3.63) is 24.3 Å². The van der Waals surface area contributed by atoms with Gasteiger partial charge in [0.25, 0.3) is 0 Å². The zero-order chi connectivity index (χ0) is 36.2. The van der Waals surface area contributed by atoms with Gasteiger partial charge in [-0.05, 0) is 44.4 Å². The maximum Gasteiger partial charge on any atom is 0.342 e. The van der Waals surface area contributed by atoms with Crippen LogP contribution >= 0.6 is 0 Å². The molecule has 0 aromatic rings. The maximum atomic E-state index is 13.4. The van der Waals surface area contributed by atoms with Gasteiger partial charge in [-0.2, -0.15) is 0 Å². The third-order valence-corrected chi connectivity index (χ3v) is 10.9. The summed E-state index contributed by atoms with van der Waals surface area (Å²) in [4.78, 5) is 26.3. The zero-order valence-electron chi connectivity index (χ0n) is 30.0. The van der Waals surface area contributed by atoms with Crippen molar-refractivity contribution in [2.45, 2.75) is 177 Å². The minimum absolute atomic E-state index is 0.0124. The SMILES string of the molecule is CCCC(=O)O[C@H]1C[C@H]2C[C@@H](O[C@@H]3O[C@@H](C)[C@@H](O)[C@@H](O)[C@H]3OC)C[C@@H](C[C@@H](C)/C=C/C=C\C[C@@H]3O[C@@H](C[C@@H]3C)[C@@H](O)C[C@H]3C[C@@]1(O)C(=O)O3)O2. The van der Waals surface area contributed by atoms with Crippen LogP contribution in [0.25, 0.3) is 0 Å². The molecule has 5 rings (SSSR count). The molecule has 0 unspecified atom stereocenters. The van der Waals surface area contributed by atoms with Crippen LogP contribution in [-0.4, -0.2) is 125 Å². The molecule has 13 heteroatoms. The summed E-state index contributed by atoms with van der Waals surface area (Å²) < 4.78 is 42.2. The van der Waals surface area contributed by atoms with Crippen molar-refractivity contribution in [1.82, 2.24) is 0 Å². The number of carbonyl (C=O) groups excluding carboxylic acids is 2. The number of hydrogen-bond acceptors (Lipinski definition) is 13. The monoisotopic (exact) mass is 710 g/mol. The number of methoxy groups -OCH3 is 1. The van der Waals surface area contributed by atoms with Crippen molar-refractivity contribution in [3.63, 3.8) is 0 Å². The molecule has 0 aliphatic carbocycles. The second kappa shape index (κ2) is 17.3. The molecule has 0 aromatic carbocycles. The number of hydrogen-bond donors (Lipinski definition) is 4. The Bertz CT molecular complexity index is 1190. The van der Waals surface area contributed by atoms with E-state index in [0.29, 0.717) is 38.5 Å². The highest BCUT2D eigenvalue weighted by atomic mass is 16.7. The first-order valence-corrected chi connectivity index (χ1v) is 18.5. The highest BCUT2D eigenvalue weighted by molar-refractivity contribution is 5.83. The normalized spacial score (nSPS) is 47.2. The van der Waals surface area contributed by atoms with Crippen molar-refractivity contribution in [1.29, 1.82) is 0 Å². The third kappa shape index (κ3) is 9.34. The fourth-order valence-electron chi connectivity index (χ4n) is 8.08. The average molecular weight is 711 g/mol. The number of aliphatic hydroxyl groups is 4. The highest BCUT2D eigenvalue weighted by Crippen LogP contribution is 2.40. The molecular formula is C37H58O13. The molecule has 4 saturated heterocycles. The molecule has 284 valence electrons. The molecule has 6 bridgehead atoms. The molecule has 5 heterocycles. The largest absolute Gasteiger partial charge is 0.460 e. The summed E-state index contributed by atoms with van der Waals surface area (Å²) >= 11 is 0. The summed E-state index contributed by atoms with van der Waals surface area (Å²) in [6.45, 7) is 7.67. The van der Waals surface area contributed by atoms with Gasteiger partial charge in [0.15, 0.2) is 6.29 Å². The second-order valence-corrected chi connectivity index (χ2v) is 15.1. The first-order chi connectivity index (χ1) is 23.8. The molecule has 0 spiro atoms. The van der Waals surface area contributed by atoms with Gasteiger partial charge in [-0.15, -0.1) is 0 Å². The van der Waals surface area contributed by atoms with Crippen molar-refractivity contribution in [2.75, 3.05) is 7.11 Å². The summed E-state index contributed by atoms with van der Waals surface area (Å²) in [5, 5.41) is 44.2.